The van der Waals surface area contributed by atoms with Crippen molar-refractivity contribution in [2.45, 2.75) is 57.8 Å². The zero-order valence-electron chi connectivity index (χ0n) is 22.5. The molecule has 0 bridgehead atoms. The van der Waals surface area contributed by atoms with Crippen molar-refractivity contribution in [2.75, 3.05) is 12.8 Å². The third kappa shape index (κ3) is 6.96. The molecule has 2 aromatic carbocycles. The third-order valence-electron chi connectivity index (χ3n) is 6.90. The first kappa shape index (κ1) is 30.1. The number of hydrazine groups is 1. The van der Waals surface area contributed by atoms with E-state index in [1.54, 1.807) is 24.3 Å². The topological polar surface area (TPSA) is 185 Å². The summed E-state index contributed by atoms with van der Waals surface area (Å²) in [7, 11) is 1.52. The van der Waals surface area contributed by atoms with Crippen LogP contribution in [0.3, 0.4) is 0 Å². The van der Waals surface area contributed by atoms with E-state index in [4.69, 9.17) is 11.6 Å². The molecule has 0 aliphatic carbocycles. The Kier molecular flexibility index (Phi) is 10.2. The predicted molar refractivity (Wildman–Crippen MR) is 146 cm³/mol. The highest BCUT2D eigenvalue weighted by Gasteiger charge is 2.39. The molecule has 1 saturated heterocycles. The fraction of sp³-hybridized carbons (Fsp3) is 0.357. The van der Waals surface area contributed by atoms with Gasteiger partial charge in [0.2, 0.25) is 17.7 Å². The van der Waals surface area contributed by atoms with Crippen molar-refractivity contribution in [3.05, 3.63) is 64.2 Å². The second kappa shape index (κ2) is 13.6. The lowest BCUT2D eigenvalue weighted by Gasteiger charge is -2.29. The van der Waals surface area contributed by atoms with E-state index in [1.807, 2.05) is 19.1 Å². The number of aldehydes is 2. The molecule has 1 fully saturated rings. The van der Waals surface area contributed by atoms with Crippen molar-refractivity contribution < 1.29 is 28.8 Å². The molecule has 12 nitrogen and oxygen atoms in total. The summed E-state index contributed by atoms with van der Waals surface area (Å²) in [6, 6.07) is 9.41. The quantitative estimate of drug-likeness (QED) is 0.114. The molecular formula is C28H34N6O6. The van der Waals surface area contributed by atoms with Crippen molar-refractivity contribution >= 4 is 41.9 Å². The number of nitrogen functional groups attached to an aromatic ring is 1. The largest absolute Gasteiger partial charge is 0.398 e. The maximum Gasteiger partial charge on any atom is 0.255 e. The lowest BCUT2D eigenvalue weighted by Crippen LogP contribution is -2.52. The molecule has 0 spiro atoms. The molecule has 2 aliphatic heterocycles. The number of hydrogen-bond donors (Lipinski definition) is 4. The van der Waals surface area contributed by atoms with Crippen LogP contribution in [0.1, 0.15) is 63.1 Å². The molecule has 40 heavy (non-hydrogen) atoms. The smallest absolute Gasteiger partial charge is 0.255 e. The minimum absolute atomic E-state index is 0.197. The Hall–Kier alpha value is -4.42. The average molecular weight is 551 g/mol. The Labute approximate surface area is 232 Å². The first-order valence-corrected chi connectivity index (χ1v) is 12.8. The summed E-state index contributed by atoms with van der Waals surface area (Å²) in [5.41, 5.74) is 10.0. The zero-order chi connectivity index (χ0) is 29.4. The summed E-state index contributed by atoms with van der Waals surface area (Å²) in [4.78, 5) is 70.1. The van der Waals surface area contributed by atoms with Gasteiger partial charge in [-0.1, -0.05) is 29.8 Å². The van der Waals surface area contributed by atoms with Gasteiger partial charge in [-0.2, -0.15) is 0 Å². The lowest BCUT2D eigenvalue weighted by molar-refractivity contribution is -0.137. The number of hydrogen-bond acceptors (Lipinski definition) is 9. The van der Waals surface area contributed by atoms with Crippen LogP contribution in [-0.4, -0.2) is 65.2 Å². The minimum atomic E-state index is -0.611. The minimum Gasteiger partial charge on any atom is -0.398 e. The fourth-order valence-corrected chi connectivity index (χ4v) is 4.74. The van der Waals surface area contributed by atoms with Crippen molar-refractivity contribution in [3.63, 3.8) is 0 Å². The van der Waals surface area contributed by atoms with Crippen LogP contribution in [0, 0.1) is 6.92 Å². The molecule has 6 N–H and O–H groups in total. The molecule has 212 valence electrons. The van der Waals surface area contributed by atoms with Crippen LogP contribution in [0.2, 0.25) is 0 Å². The first-order chi connectivity index (χ1) is 19.1. The van der Waals surface area contributed by atoms with Gasteiger partial charge in [0, 0.05) is 55.4 Å². The number of anilines is 1. The van der Waals surface area contributed by atoms with Gasteiger partial charge >= 0.3 is 0 Å². The van der Waals surface area contributed by atoms with Gasteiger partial charge in [-0.05, 0) is 37.5 Å². The summed E-state index contributed by atoms with van der Waals surface area (Å²) in [5.74, 6) is 4.84. The van der Waals surface area contributed by atoms with Gasteiger partial charge in [0.15, 0.2) is 0 Å². The van der Waals surface area contributed by atoms with Gasteiger partial charge in [-0.15, -0.1) is 0 Å². The van der Waals surface area contributed by atoms with Gasteiger partial charge in [0.25, 0.3) is 5.91 Å². The maximum atomic E-state index is 12.3. The molecule has 4 rings (SSSR count). The van der Waals surface area contributed by atoms with Crippen molar-refractivity contribution in [1.29, 1.82) is 0 Å². The maximum absolute atomic E-state index is 12.3. The number of amides is 4. The molecule has 2 heterocycles. The number of nitrogens with two attached hydrogens (primary N) is 2. The second-order valence-corrected chi connectivity index (χ2v) is 9.64. The van der Waals surface area contributed by atoms with E-state index in [0.717, 1.165) is 29.3 Å². The van der Waals surface area contributed by atoms with E-state index in [2.05, 4.69) is 10.6 Å². The number of likely N-dealkylation sites (N-methyl/N-ethyl adjacent to an activating group) is 1. The monoisotopic (exact) mass is 550 g/mol. The SMILES string of the molecule is CNC(=O)C(CCC=O)N(N)Cc1cc(C)ccc1C=O.Nc1cccc2c1CN(C1CCC(=O)NC1=O)C2=O. The summed E-state index contributed by atoms with van der Waals surface area (Å²) in [6.45, 7) is 2.50. The number of fused-ring (bicyclic) bond motifs is 1. The average Bonchev–Trinajstić information content (AvgIpc) is 3.26. The zero-order valence-corrected chi connectivity index (χ0v) is 22.5. The van der Waals surface area contributed by atoms with E-state index in [0.29, 0.717) is 36.2 Å². The predicted octanol–water partition coefficient (Wildman–Crippen LogP) is 0.607. The van der Waals surface area contributed by atoms with Gasteiger partial charge in [-0.25, -0.2) is 5.01 Å². The molecule has 0 radical (unpaired) electrons. The Morgan fingerprint density at radius 3 is 2.60 bits per heavy atom. The second-order valence-electron chi connectivity index (χ2n) is 9.64. The Bertz CT molecular complexity index is 1310. The number of carbonyl (C=O) groups excluding carboxylic acids is 6. The van der Waals surface area contributed by atoms with Crippen LogP contribution >= 0.6 is 0 Å². The van der Waals surface area contributed by atoms with E-state index >= 15 is 0 Å². The normalized spacial score (nSPS) is 16.9. The van der Waals surface area contributed by atoms with Crippen LogP contribution in [0.15, 0.2) is 36.4 Å². The summed E-state index contributed by atoms with van der Waals surface area (Å²) < 4.78 is 0. The highest BCUT2D eigenvalue weighted by molar-refractivity contribution is 6.06. The molecular weight excluding hydrogens is 516 g/mol. The molecule has 12 heteroatoms. The van der Waals surface area contributed by atoms with Crippen molar-refractivity contribution in [3.8, 4) is 0 Å². The van der Waals surface area contributed by atoms with E-state index in [9.17, 15) is 28.8 Å². The molecule has 2 aliphatic rings. The van der Waals surface area contributed by atoms with Gasteiger partial charge < -0.3 is 20.7 Å². The molecule has 4 amide bonds. The standard InChI is InChI=1S/C15H21N3O3.C13H13N3O3/c1-11-5-6-12(10-20)13(8-11)9-18(16)14(4-3-7-19)15(21)17-2;14-9-3-1-2-7-8(9)6-16(13(7)19)10-4-5-11(17)15-12(10)18/h5-8,10,14H,3-4,9,16H2,1-2H3,(H,17,21);1-3,10H,4-6,14H2,(H,15,17,18). The van der Waals surface area contributed by atoms with Gasteiger partial charge in [-0.3, -0.25) is 35.1 Å². The van der Waals surface area contributed by atoms with E-state index in [1.165, 1.54) is 17.0 Å². The third-order valence-corrected chi connectivity index (χ3v) is 6.90. The first-order valence-electron chi connectivity index (χ1n) is 12.8. The Morgan fingerprint density at radius 1 is 1.23 bits per heavy atom. The molecule has 0 saturated carbocycles. The van der Waals surface area contributed by atoms with Crippen LogP contribution in [-0.2, 0) is 32.3 Å². The molecule has 2 aromatic rings. The highest BCUT2D eigenvalue weighted by Crippen LogP contribution is 2.30. The Balaban J connectivity index is 0.000000221. The van der Waals surface area contributed by atoms with Crippen LogP contribution in [0.5, 0.6) is 0 Å². The summed E-state index contributed by atoms with van der Waals surface area (Å²) in [5, 5.41) is 6.16. The van der Waals surface area contributed by atoms with E-state index < -0.39 is 18.0 Å². The van der Waals surface area contributed by atoms with E-state index in [-0.39, 0.29) is 37.1 Å². The molecule has 2 unspecified atom stereocenters. The number of piperidine rings is 1. The highest BCUT2D eigenvalue weighted by atomic mass is 16.2. The van der Waals surface area contributed by atoms with Gasteiger partial charge in [0.05, 0.1) is 0 Å². The summed E-state index contributed by atoms with van der Waals surface area (Å²) in [6.07, 6.45) is 2.73. The number of nitrogens with one attached hydrogen (secondary N) is 2. The van der Waals surface area contributed by atoms with Crippen molar-refractivity contribution in [2.24, 2.45) is 5.84 Å². The number of benzene rings is 2. The van der Waals surface area contributed by atoms with Gasteiger partial charge in [0.1, 0.15) is 24.7 Å². The number of imide groups is 1. The Morgan fingerprint density at radius 2 is 1.98 bits per heavy atom. The molecule has 0 aromatic heterocycles. The summed E-state index contributed by atoms with van der Waals surface area (Å²) >= 11 is 0. The number of carbonyl (C=O) groups is 6. The molecule has 2 atom stereocenters. The van der Waals surface area contributed by atoms with Crippen LogP contribution < -0.4 is 22.2 Å². The fourth-order valence-electron chi connectivity index (χ4n) is 4.74. The van der Waals surface area contributed by atoms with Crippen LogP contribution in [0.4, 0.5) is 5.69 Å². The number of aryl methyl sites for hydroxylation is 1. The number of nitrogens with zero attached hydrogens (tertiary/aromatic N) is 2. The number of rotatable bonds is 9. The lowest BCUT2D eigenvalue weighted by atomic mass is 10.0. The van der Waals surface area contributed by atoms with Crippen LogP contribution in [0.25, 0.3) is 0 Å². The van der Waals surface area contributed by atoms with Crippen molar-refractivity contribution in [1.82, 2.24) is 20.5 Å².